The summed E-state index contributed by atoms with van der Waals surface area (Å²) < 4.78 is 6.24. The third-order valence-electron chi connectivity index (χ3n) is 3.52. The fourth-order valence-electron chi connectivity index (χ4n) is 2.47. The first-order valence-corrected chi connectivity index (χ1v) is 7.97. The molecule has 0 aliphatic heterocycles. The number of aryl methyl sites for hydroxylation is 1. The molecule has 2 aromatic rings. The Labute approximate surface area is 139 Å². The fraction of sp³-hybridized carbons (Fsp3) is 0.278. The smallest absolute Gasteiger partial charge is 0.259 e. The Hall–Kier alpha value is -1.81. The third-order valence-corrected chi connectivity index (χ3v) is 3.98. The largest absolute Gasteiger partial charge is 0.496 e. The van der Waals surface area contributed by atoms with Gasteiger partial charge in [-0.1, -0.05) is 48.0 Å². The van der Waals surface area contributed by atoms with Crippen molar-refractivity contribution in [3.8, 4) is 5.75 Å². The SMILES string of the molecule is COc1c(C)cc(Br)cc1C(=O)Nc1ccccc1C(C)C. The molecule has 0 radical (unpaired) electrons. The second-order valence-corrected chi connectivity index (χ2v) is 6.42. The molecule has 0 saturated carbocycles. The summed E-state index contributed by atoms with van der Waals surface area (Å²) in [6, 6.07) is 11.6. The van der Waals surface area contributed by atoms with Gasteiger partial charge in [-0.25, -0.2) is 0 Å². The number of benzene rings is 2. The Bertz CT molecular complexity index is 695. The highest BCUT2D eigenvalue weighted by atomic mass is 79.9. The van der Waals surface area contributed by atoms with Crippen LogP contribution in [0.25, 0.3) is 0 Å². The first-order chi connectivity index (χ1) is 10.4. The van der Waals surface area contributed by atoms with Gasteiger partial charge in [-0.2, -0.15) is 0 Å². The van der Waals surface area contributed by atoms with Crippen molar-refractivity contribution in [2.75, 3.05) is 12.4 Å². The highest BCUT2D eigenvalue weighted by Crippen LogP contribution is 2.30. The van der Waals surface area contributed by atoms with Crippen molar-refractivity contribution in [1.29, 1.82) is 0 Å². The van der Waals surface area contributed by atoms with E-state index >= 15 is 0 Å². The monoisotopic (exact) mass is 361 g/mol. The first-order valence-electron chi connectivity index (χ1n) is 7.18. The molecule has 3 nitrogen and oxygen atoms in total. The van der Waals surface area contributed by atoms with Crippen LogP contribution < -0.4 is 10.1 Å². The Morgan fingerprint density at radius 2 is 1.91 bits per heavy atom. The molecular formula is C18H20BrNO2. The van der Waals surface area contributed by atoms with Crippen LogP contribution in [0.3, 0.4) is 0 Å². The van der Waals surface area contributed by atoms with Crippen LogP contribution in [0, 0.1) is 6.92 Å². The van der Waals surface area contributed by atoms with Gasteiger partial charge in [-0.15, -0.1) is 0 Å². The summed E-state index contributed by atoms with van der Waals surface area (Å²) >= 11 is 3.43. The number of para-hydroxylation sites is 1. The summed E-state index contributed by atoms with van der Waals surface area (Å²) in [4.78, 5) is 12.7. The van der Waals surface area contributed by atoms with Crippen LogP contribution in [0.4, 0.5) is 5.69 Å². The number of ether oxygens (including phenoxy) is 1. The maximum absolute atomic E-state index is 12.7. The quantitative estimate of drug-likeness (QED) is 0.818. The van der Waals surface area contributed by atoms with E-state index < -0.39 is 0 Å². The summed E-state index contributed by atoms with van der Waals surface area (Å²) in [5.74, 6) is 0.764. The predicted molar refractivity (Wildman–Crippen MR) is 93.9 cm³/mol. The zero-order valence-corrected chi connectivity index (χ0v) is 14.8. The van der Waals surface area contributed by atoms with Gasteiger partial charge in [-0.3, -0.25) is 4.79 Å². The van der Waals surface area contributed by atoms with Crippen LogP contribution in [0.2, 0.25) is 0 Å². The van der Waals surface area contributed by atoms with E-state index in [0.717, 1.165) is 21.3 Å². The highest BCUT2D eigenvalue weighted by Gasteiger charge is 2.17. The lowest BCUT2D eigenvalue weighted by Crippen LogP contribution is -2.15. The van der Waals surface area contributed by atoms with E-state index in [1.807, 2.05) is 37.3 Å². The van der Waals surface area contributed by atoms with E-state index in [4.69, 9.17) is 4.74 Å². The van der Waals surface area contributed by atoms with E-state index in [-0.39, 0.29) is 5.91 Å². The summed E-state index contributed by atoms with van der Waals surface area (Å²) in [6.45, 7) is 6.13. The molecule has 0 aliphatic rings. The zero-order valence-electron chi connectivity index (χ0n) is 13.2. The number of methoxy groups -OCH3 is 1. The topological polar surface area (TPSA) is 38.3 Å². The number of anilines is 1. The van der Waals surface area contributed by atoms with Gasteiger partial charge in [-0.05, 0) is 42.2 Å². The summed E-state index contributed by atoms with van der Waals surface area (Å²) in [7, 11) is 1.58. The molecule has 2 rings (SSSR count). The minimum Gasteiger partial charge on any atom is -0.496 e. The molecule has 1 N–H and O–H groups in total. The second kappa shape index (κ2) is 6.97. The molecule has 0 spiro atoms. The predicted octanol–water partition coefficient (Wildman–Crippen LogP) is 5.14. The molecule has 0 aromatic heterocycles. The number of hydrogen-bond donors (Lipinski definition) is 1. The van der Waals surface area contributed by atoms with Crippen LogP contribution in [-0.2, 0) is 0 Å². The molecule has 2 aromatic carbocycles. The maximum Gasteiger partial charge on any atom is 0.259 e. The fourth-order valence-corrected chi connectivity index (χ4v) is 3.05. The van der Waals surface area contributed by atoms with Crippen LogP contribution in [-0.4, -0.2) is 13.0 Å². The Balaban J connectivity index is 2.39. The van der Waals surface area contributed by atoms with Gasteiger partial charge >= 0.3 is 0 Å². The molecule has 116 valence electrons. The van der Waals surface area contributed by atoms with Gasteiger partial charge in [0.15, 0.2) is 0 Å². The molecule has 22 heavy (non-hydrogen) atoms. The number of amides is 1. The molecule has 0 unspecified atom stereocenters. The molecule has 0 aliphatic carbocycles. The number of rotatable bonds is 4. The van der Waals surface area contributed by atoms with Crippen molar-refractivity contribution < 1.29 is 9.53 Å². The lowest BCUT2D eigenvalue weighted by Gasteiger charge is -2.16. The molecule has 0 heterocycles. The maximum atomic E-state index is 12.7. The standard InChI is InChI=1S/C18H20BrNO2/c1-11(2)14-7-5-6-8-16(14)20-18(21)15-10-13(19)9-12(3)17(15)22-4/h5-11H,1-4H3,(H,20,21). The first kappa shape index (κ1) is 16.6. The van der Waals surface area contributed by atoms with Crippen molar-refractivity contribution >= 4 is 27.5 Å². The van der Waals surface area contributed by atoms with Crippen LogP contribution in [0.5, 0.6) is 5.75 Å². The molecule has 0 bridgehead atoms. The Morgan fingerprint density at radius 3 is 2.55 bits per heavy atom. The summed E-state index contributed by atoms with van der Waals surface area (Å²) in [5.41, 5.74) is 3.39. The van der Waals surface area contributed by atoms with Gasteiger partial charge in [0.25, 0.3) is 5.91 Å². The lowest BCUT2D eigenvalue weighted by atomic mass is 10.0. The van der Waals surface area contributed by atoms with Crippen molar-refractivity contribution in [2.45, 2.75) is 26.7 Å². The normalized spacial score (nSPS) is 10.6. The average molecular weight is 362 g/mol. The van der Waals surface area contributed by atoms with E-state index in [1.165, 1.54) is 0 Å². The Kier molecular flexibility index (Phi) is 5.24. The minimum atomic E-state index is -0.172. The van der Waals surface area contributed by atoms with E-state index in [1.54, 1.807) is 13.2 Å². The van der Waals surface area contributed by atoms with E-state index in [9.17, 15) is 4.79 Å². The van der Waals surface area contributed by atoms with Crippen molar-refractivity contribution in [3.05, 3.63) is 57.6 Å². The number of hydrogen-bond acceptors (Lipinski definition) is 2. The molecule has 0 saturated heterocycles. The van der Waals surface area contributed by atoms with Gasteiger partial charge < -0.3 is 10.1 Å². The molecule has 0 fully saturated rings. The molecule has 1 amide bonds. The van der Waals surface area contributed by atoms with Gasteiger partial charge in [0.1, 0.15) is 5.75 Å². The lowest BCUT2D eigenvalue weighted by molar-refractivity contribution is 0.102. The van der Waals surface area contributed by atoms with Gasteiger partial charge in [0.2, 0.25) is 0 Å². The van der Waals surface area contributed by atoms with Gasteiger partial charge in [0.05, 0.1) is 12.7 Å². The zero-order chi connectivity index (χ0) is 16.3. The highest BCUT2D eigenvalue weighted by molar-refractivity contribution is 9.10. The Morgan fingerprint density at radius 1 is 1.23 bits per heavy atom. The van der Waals surface area contributed by atoms with Crippen LogP contribution in [0.1, 0.15) is 41.3 Å². The minimum absolute atomic E-state index is 0.172. The number of halogens is 1. The number of carbonyl (C=O) groups is 1. The summed E-state index contributed by atoms with van der Waals surface area (Å²) in [5, 5.41) is 3.00. The molecule has 0 atom stereocenters. The molecule has 4 heteroatoms. The van der Waals surface area contributed by atoms with E-state index in [0.29, 0.717) is 17.2 Å². The molecular weight excluding hydrogens is 342 g/mol. The van der Waals surface area contributed by atoms with Crippen molar-refractivity contribution in [3.63, 3.8) is 0 Å². The van der Waals surface area contributed by atoms with Crippen molar-refractivity contribution in [2.24, 2.45) is 0 Å². The number of carbonyl (C=O) groups excluding carboxylic acids is 1. The van der Waals surface area contributed by atoms with E-state index in [2.05, 4.69) is 35.1 Å². The third kappa shape index (κ3) is 3.50. The number of nitrogens with one attached hydrogen (secondary N) is 1. The average Bonchev–Trinajstić information content (AvgIpc) is 2.46. The van der Waals surface area contributed by atoms with Crippen molar-refractivity contribution in [1.82, 2.24) is 0 Å². The van der Waals surface area contributed by atoms with Crippen LogP contribution in [0.15, 0.2) is 40.9 Å². The second-order valence-electron chi connectivity index (χ2n) is 5.50. The van der Waals surface area contributed by atoms with Gasteiger partial charge in [0, 0.05) is 10.2 Å². The van der Waals surface area contributed by atoms with Crippen LogP contribution >= 0.6 is 15.9 Å². The summed E-state index contributed by atoms with van der Waals surface area (Å²) in [6.07, 6.45) is 0.